The Morgan fingerprint density at radius 2 is 1.88 bits per heavy atom. The van der Waals surface area contributed by atoms with Gasteiger partial charge < -0.3 is 15.4 Å². The van der Waals surface area contributed by atoms with E-state index in [2.05, 4.69) is 15.5 Å². The predicted octanol–water partition coefficient (Wildman–Crippen LogP) is 3.51. The van der Waals surface area contributed by atoms with Crippen molar-refractivity contribution in [3.63, 3.8) is 0 Å². The van der Waals surface area contributed by atoms with Crippen molar-refractivity contribution < 1.29 is 9.53 Å². The normalized spacial score (nSPS) is 16.1. The van der Waals surface area contributed by atoms with Crippen molar-refractivity contribution in [1.29, 1.82) is 0 Å². The van der Waals surface area contributed by atoms with E-state index in [1.165, 1.54) is 0 Å². The molecule has 1 fully saturated rings. The minimum Gasteiger partial charge on any atom is -0.495 e. The first-order valence-corrected chi connectivity index (χ1v) is 9.18. The molecule has 0 bridgehead atoms. The van der Waals surface area contributed by atoms with Crippen LogP contribution < -0.4 is 15.4 Å². The minimum absolute atomic E-state index is 0.439. The van der Waals surface area contributed by atoms with Gasteiger partial charge in [0.05, 0.1) is 17.8 Å². The first-order chi connectivity index (χ1) is 12.6. The maximum atomic E-state index is 11.7. The second-order valence-corrected chi connectivity index (χ2v) is 6.84. The molecule has 0 aliphatic carbocycles. The molecule has 1 aliphatic rings. The molecule has 2 aromatic carbocycles. The lowest BCUT2D eigenvalue weighted by Gasteiger charge is -2.33. The fraction of sp³-hybridized carbons (Fsp3) is 0.316. The molecule has 2 N–H and O–H groups in total. The van der Waals surface area contributed by atoms with E-state index in [1.54, 1.807) is 13.2 Å². The van der Waals surface area contributed by atoms with Crippen LogP contribution in [0.4, 0.5) is 5.69 Å². The number of carbonyl (C=O) groups is 1. The van der Waals surface area contributed by atoms with Gasteiger partial charge in [0.1, 0.15) is 11.9 Å². The molecule has 1 heterocycles. The zero-order valence-electron chi connectivity index (χ0n) is 14.5. The third-order valence-electron chi connectivity index (χ3n) is 4.43. The standard InChI is InChI=1S/C19H21Cl2N3O2/c1-26-18-11-16(21)14(13-4-2-3-5-15(13)20)10-17(18)23-19(12-25)24-8-6-22-7-9-24/h2-5,10-12,19,22-23H,6-9H2,1H3. The molecule has 138 valence electrons. The van der Waals surface area contributed by atoms with Crippen molar-refractivity contribution in [2.75, 3.05) is 38.6 Å². The highest BCUT2D eigenvalue weighted by Crippen LogP contribution is 2.39. The summed E-state index contributed by atoms with van der Waals surface area (Å²) in [6.45, 7) is 3.30. The van der Waals surface area contributed by atoms with E-state index in [9.17, 15) is 4.79 Å². The van der Waals surface area contributed by atoms with Gasteiger partial charge in [-0.15, -0.1) is 0 Å². The van der Waals surface area contributed by atoms with E-state index in [1.807, 2.05) is 30.3 Å². The van der Waals surface area contributed by atoms with Gasteiger partial charge in [0.25, 0.3) is 0 Å². The quantitative estimate of drug-likeness (QED) is 0.735. The Hall–Kier alpha value is -1.79. The van der Waals surface area contributed by atoms with Crippen molar-refractivity contribution in [3.05, 3.63) is 46.4 Å². The molecule has 0 aromatic heterocycles. The molecule has 0 amide bonds. The lowest BCUT2D eigenvalue weighted by atomic mass is 10.0. The highest BCUT2D eigenvalue weighted by Gasteiger charge is 2.22. The van der Waals surface area contributed by atoms with Crippen molar-refractivity contribution in [2.45, 2.75) is 6.17 Å². The third kappa shape index (κ3) is 4.13. The second kappa shape index (κ2) is 8.73. The van der Waals surface area contributed by atoms with Crippen LogP contribution in [-0.2, 0) is 4.79 Å². The van der Waals surface area contributed by atoms with Crippen LogP contribution in [0.25, 0.3) is 11.1 Å². The number of carbonyl (C=O) groups excluding carboxylic acids is 1. The summed E-state index contributed by atoms with van der Waals surface area (Å²) in [5.41, 5.74) is 2.31. The van der Waals surface area contributed by atoms with Crippen LogP contribution in [0, 0.1) is 0 Å². The van der Waals surface area contributed by atoms with E-state index in [0.717, 1.165) is 43.6 Å². The number of benzene rings is 2. The first-order valence-electron chi connectivity index (χ1n) is 8.43. The van der Waals surface area contributed by atoms with Crippen molar-refractivity contribution in [2.24, 2.45) is 0 Å². The van der Waals surface area contributed by atoms with Crippen molar-refractivity contribution in [3.8, 4) is 16.9 Å². The van der Waals surface area contributed by atoms with E-state index >= 15 is 0 Å². The van der Waals surface area contributed by atoms with E-state index in [4.69, 9.17) is 27.9 Å². The third-order valence-corrected chi connectivity index (χ3v) is 5.07. The molecule has 0 spiro atoms. The van der Waals surface area contributed by atoms with Crippen molar-refractivity contribution >= 4 is 35.2 Å². The Kier molecular flexibility index (Phi) is 6.38. The summed E-state index contributed by atoms with van der Waals surface area (Å²) in [4.78, 5) is 13.8. The van der Waals surface area contributed by atoms with E-state index in [0.29, 0.717) is 21.5 Å². The topological polar surface area (TPSA) is 53.6 Å². The van der Waals surface area contributed by atoms with Gasteiger partial charge in [-0.05, 0) is 12.1 Å². The molecule has 26 heavy (non-hydrogen) atoms. The van der Waals surface area contributed by atoms with Gasteiger partial charge in [-0.3, -0.25) is 9.69 Å². The Morgan fingerprint density at radius 3 is 2.54 bits per heavy atom. The van der Waals surface area contributed by atoms with Crippen LogP contribution in [0.3, 0.4) is 0 Å². The lowest BCUT2D eigenvalue weighted by molar-refractivity contribution is -0.111. The fourth-order valence-electron chi connectivity index (χ4n) is 3.05. The van der Waals surface area contributed by atoms with Gasteiger partial charge in [-0.2, -0.15) is 0 Å². The molecule has 1 unspecified atom stereocenters. The van der Waals surface area contributed by atoms with Crippen LogP contribution in [0.5, 0.6) is 5.75 Å². The minimum atomic E-state index is -0.439. The molecule has 1 aliphatic heterocycles. The molecule has 1 atom stereocenters. The number of aldehydes is 1. The van der Waals surface area contributed by atoms with Crippen LogP contribution in [0.15, 0.2) is 36.4 Å². The van der Waals surface area contributed by atoms with Gasteiger partial charge >= 0.3 is 0 Å². The van der Waals surface area contributed by atoms with Gasteiger partial charge in [0, 0.05) is 48.4 Å². The summed E-state index contributed by atoms with van der Waals surface area (Å²) in [6, 6.07) is 11.1. The lowest BCUT2D eigenvalue weighted by Crippen LogP contribution is -2.51. The first kappa shape index (κ1) is 19.0. The summed E-state index contributed by atoms with van der Waals surface area (Å²) in [5.74, 6) is 0.577. The SMILES string of the molecule is COc1cc(Cl)c(-c2ccccc2Cl)cc1NC(C=O)N1CCNCC1. The number of rotatable bonds is 6. The van der Waals surface area contributed by atoms with Crippen LogP contribution in [0.2, 0.25) is 10.0 Å². The van der Waals surface area contributed by atoms with Gasteiger partial charge in [0.2, 0.25) is 0 Å². The Balaban J connectivity index is 1.96. The molecule has 1 saturated heterocycles. The van der Waals surface area contributed by atoms with Gasteiger partial charge in [-0.25, -0.2) is 0 Å². The highest BCUT2D eigenvalue weighted by molar-refractivity contribution is 6.36. The molecular weight excluding hydrogens is 373 g/mol. The molecular formula is C19H21Cl2N3O2. The number of methoxy groups -OCH3 is 1. The monoisotopic (exact) mass is 393 g/mol. The summed E-state index contributed by atoms with van der Waals surface area (Å²) in [6.07, 6.45) is 0.473. The number of halogens is 2. The Labute approximate surface area is 163 Å². The highest BCUT2D eigenvalue weighted by atomic mass is 35.5. The smallest absolute Gasteiger partial charge is 0.157 e. The molecule has 0 radical (unpaired) electrons. The average Bonchev–Trinajstić information content (AvgIpc) is 2.68. The Bertz CT molecular complexity index is 779. The zero-order valence-corrected chi connectivity index (χ0v) is 16.0. The van der Waals surface area contributed by atoms with Crippen LogP contribution >= 0.6 is 23.2 Å². The average molecular weight is 394 g/mol. The Morgan fingerprint density at radius 1 is 1.15 bits per heavy atom. The largest absolute Gasteiger partial charge is 0.495 e. The van der Waals surface area contributed by atoms with Crippen LogP contribution in [0.1, 0.15) is 0 Å². The predicted molar refractivity (Wildman–Crippen MR) is 106 cm³/mol. The zero-order chi connectivity index (χ0) is 18.5. The number of hydrogen-bond acceptors (Lipinski definition) is 5. The molecule has 0 saturated carbocycles. The summed E-state index contributed by atoms with van der Waals surface area (Å²) in [5, 5.41) is 7.70. The van der Waals surface area contributed by atoms with Crippen LogP contribution in [-0.4, -0.2) is 50.6 Å². The number of piperazine rings is 1. The second-order valence-electron chi connectivity index (χ2n) is 6.02. The van der Waals surface area contributed by atoms with E-state index in [-0.39, 0.29) is 0 Å². The summed E-state index contributed by atoms with van der Waals surface area (Å²) >= 11 is 12.8. The van der Waals surface area contributed by atoms with Crippen molar-refractivity contribution in [1.82, 2.24) is 10.2 Å². The molecule has 5 nitrogen and oxygen atoms in total. The maximum absolute atomic E-state index is 11.7. The van der Waals surface area contributed by atoms with E-state index < -0.39 is 6.17 Å². The van der Waals surface area contributed by atoms with Gasteiger partial charge in [0.15, 0.2) is 6.29 Å². The number of ether oxygens (including phenoxy) is 1. The fourth-order valence-corrected chi connectivity index (χ4v) is 3.55. The number of anilines is 1. The summed E-state index contributed by atoms with van der Waals surface area (Å²) < 4.78 is 5.45. The molecule has 2 aromatic rings. The summed E-state index contributed by atoms with van der Waals surface area (Å²) in [7, 11) is 1.58. The number of hydrogen-bond donors (Lipinski definition) is 2. The van der Waals surface area contributed by atoms with Gasteiger partial charge in [-0.1, -0.05) is 41.4 Å². The molecule has 3 rings (SSSR count). The number of nitrogens with zero attached hydrogens (tertiary/aromatic N) is 1. The maximum Gasteiger partial charge on any atom is 0.157 e. The number of nitrogens with one attached hydrogen (secondary N) is 2. The molecule has 7 heteroatoms.